The molecule has 0 aliphatic rings. The Morgan fingerprint density at radius 2 is 1.85 bits per heavy atom. The first kappa shape index (κ1) is 22.2. The number of rotatable bonds is 6. The SMILES string of the molecule is C[C@H](OC(=O)CNc1ccc(C(F)(F)F)cc1[N+](=O)[O-])C(=O)NC(C)(C)C. The Labute approximate surface area is 153 Å². The van der Waals surface area contributed by atoms with Crippen LogP contribution >= 0.6 is 0 Å². The van der Waals surface area contributed by atoms with Gasteiger partial charge in [0.1, 0.15) is 12.2 Å². The first-order chi connectivity index (χ1) is 12.2. The fourth-order valence-corrected chi connectivity index (χ4v) is 1.94. The molecule has 150 valence electrons. The molecule has 0 fully saturated rings. The summed E-state index contributed by atoms with van der Waals surface area (Å²) in [5.74, 6) is -1.43. The van der Waals surface area contributed by atoms with Crippen LogP contribution in [0.2, 0.25) is 0 Å². The van der Waals surface area contributed by atoms with Gasteiger partial charge in [-0.1, -0.05) is 0 Å². The Kier molecular flexibility index (Phi) is 6.76. The number of halogens is 3. The first-order valence-corrected chi connectivity index (χ1v) is 7.81. The fourth-order valence-electron chi connectivity index (χ4n) is 1.94. The highest BCUT2D eigenvalue weighted by Crippen LogP contribution is 2.34. The van der Waals surface area contributed by atoms with E-state index in [0.717, 1.165) is 6.07 Å². The van der Waals surface area contributed by atoms with E-state index >= 15 is 0 Å². The molecular weight excluding hydrogens is 371 g/mol. The Morgan fingerprint density at radius 1 is 1.26 bits per heavy atom. The third-order valence-electron chi connectivity index (χ3n) is 3.12. The molecule has 1 atom stereocenters. The van der Waals surface area contributed by atoms with E-state index in [4.69, 9.17) is 4.74 Å². The summed E-state index contributed by atoms with van der Waals surface area (Å²) in [5.41, 5.74) is -2.83. The van der Waals surface area contributed by atoms with Gasteiger partial charge in [0, 0.05) is 11.6 Å². The molecule has 0 unspecified atom stereocenters. The molecule has 0 aliphatic heterocycles. The molecule has 0 bridgehead atoms. The molecule has 2 N–H and O–H groups in total. The van der Waals surface area contributed by atoms with Crippen LogP contribution in [0, 0.1) is 10.1 Å². The summed E-state index contributed by atoms with van der Waals surface area (Å²) >= 11 is 0. The number of benzene rings is 1. The number of carbonyl (C=O) groups excluding carboxylic acids is 2. The van der Waals surface area contributed by atoms with E-state index in [9.17, 15) is 32.9 Å². The zero-order chi connectivity index (χ0) is 21.0. The molecule has 0 spiro atoms. The van der Waals surface area contributed by atoms with E-state index in [1.165, 1.54) is 6.92 Å². The van der Waals surface area contributed by atoms with Gasteiger partial charge in [-0.05, 0) is 39.8 Å². The molecule has 8 nitrogen and oxygen atoms in total. The number of hydrogen-bond acceptors (Lipinski definition) is 6. The Hall–Kier alpha value is -2.85. The molecule has 1 amide bonds. The highest BCUT2D eigenvalue weighted by atomic mass is 19.4. The predicted molar refractivity (Wildman–Crippen MR) is 90.0 cm³/mol. The number of nitro groups is 1. The molecule has 1 rings (SSSR count). The van der Waals surface area contributed by atoms with E-state index in [0.29, 0.717) is 12.1 Å². The standard InChI is InChI=1S/C16H20F3N3O5/c1-9(14(24)21-15(2,3)4)27-13(23)8-20-11-6-5-10(16(17,18)19)7-12(11)22(25)26/h5-7,9,20H,8H2,1-4H3,(H,21,24)/t9-/m0/s1. The summed E-state index contributed by atoms with van der Waals surface area (Å²) in [6.45, 7) is 6.00. The Bertz CT molecular complexity index is 729. The van der Waals surface area contributed by atoms with Gasteiger partial charge < -0.3 is 15.4 Å². The monoisotopic (exact) mass is 391 g/mol. The second-order valence-electron chi connectivity index (χ2n) is 6.71. The maximum atomic E-state index is 12.7. The van der Waals surface area contributed by atoms with Crippen molar-refractivity contribution in [2.75, 3.05) is 11.9 Å². The summed E-state index contributed by atoms with van der Waals surface area (Å²) in [6, 6.07) is 1.87. The van der Waals surface area contributed by atoms with Crippen molar-refractivity contribution in [1.82, 2.24) is 5.32 Å². The average molecular weight is 391 g/mol. The largest absolute Gasteiger partial charge is 0.451 e. The van der Waals surface area contributed by atoms with Crippen molar-refractivity contribution in [2.45, 2.75) is 45.5 Å². The van der Waals surface area contributed by atoms with Crippen molar-refractivity contribution in [1.29, 1.82) is 0 Å². The average Bonchev–Trinajstić information content (AvgIpc) is 2.49. The van der Waals surface area contributed by atoms with Gasteiger partial charge in [-0.25, -0.2) is 0 Å². The van der Waals surface area contributed by atoms with Gasteiger partial charge in [-0.3, -0.25) is 19.7 Å². The molecule has 0 heterocycles. The molecule has 11 heteroatoms. The van der Waals surface area contributed by atoms with Gasteiger partial charge in [-0.15, -0.1) is 0 Å². The number of alkyl halides is 3. The molecular formula is C16H20F3N3O5. The summed E-state index contributed by atoms with van der Waals surface area (Å²) in [5, 5.41) is 15.9. The van der Waals surface area contributed by atoms with E-state index in [1.54, 1.807) is 20.8 Å². The number of carbonyl (C=O) groups is 2. The number of anilines is 1. The lowest BCUT2D eigenvalue weighted by atomic mass is 10.1. The van der Waals surface area contributed by atoms with E-state index < -0.39 is 52.4 Å². The summed E-state index contributed by atoms with van der Waals surface area (Å²) in [7, 11) is 0. The van der Waals surface area contributed by atoms with Gasteiger partial charge in [0.05, 0.1) is 10.5 Å². The lowest BCUT2D eigenvalue weighted by Gasteiger charge is -2.23. The zero-order valence-electron chi connectivity index (χ0n) is 15.1. The predicted octanol–water partition coefficient (Wildman–Crippen LogP) is 2.87. The lowest BCUT2D eigenvalue weighted by Crippen LogP contribution is -2.46. The molecule has 27 heavy (non-hydrogen) atoms. The van der Waals surface area contributed by atoms with Gasteiger partial charge in [-0.2, -0.15) is 13.2 Å². The minimum absolute atomic E-state index is 0.281. The maximum Gasteiger partial charge on any atom is 0.416 e. The topological polar surface area (TPSA) is 111 Å². The quantitative estimate of drug-likeness (QED) is 0.438. The zero-order valence-corrected chi connectivity index (χ0v) is 15.1. The second kappa shape index (κ2) is 8.23. The highest BCUT2D eigenvalue weighted by molar-refractivity contribution is 5.85. The summed E-state index contributed by atoms with van der Waals surface area (Å²) in [6.07, 6.45) is -5.85. The minimum atomic E-state index is -4.74. The first-order valence-electron chi connectivity index (χ1n) is 7.81. The normalized spacial score (nSPS) is 12.9. The highest BCUT2D eigenvalue weighted by Gasteiger charge is 2.33. The summed E-state index contributed by atoms with van der Waals surface area (Å²) in [4.78, 5) is 33.6. The van der Waals surface area contributed by atoms with Crippen LogP contribution in [0.1, 0.15) is 33.3 Å². The van der Waals surface area contributed by atoms with Crippen LogP contribution in [0.5, 0.6) is 0 Å². The summed E-state index contributed by atoms with van der Waals surface area (Å²) < 4.78 is 42.9. The maximum absolute atomic E-state index is 12.7. The number of ether oxygens (including phenoxy) is 1. The van der Waals surface area contributed by atoms with Gasteiger partial charge in [0.15, 0.2) is 6.10 Å². The molecule has 0 aliphatic carbocycles. The van der Waals surface area contributed by atoms with Crippen molar-refractivity contribution in [3.05, 3.63) is 33.9 Å². The number of amides is 1. The number of nitro benzene ring substituents is 1. The molecule has 0 aromatic heterocycles. The van der Waals surface area contributed by atoms with Crippen LogP contribution in [0.25, 0.3) is 0 Å². The van der Waals surface area contributed by atoms with Gasteiger partial charge >= 0.3 is 12.1 Å². The van der Waals surface area contributed by atoms with Crippen LogP contribution in [0.4, 0.5) is 24.5 Å². The number of hydrogen-bond donors (Lipinski definition) is 2. The number of nitrogens with zero attached hydrogens (tertiary/aromatic N) is 1. The minimum Gasteiger partial charge on any atom is -0.451 e. The molecule has 1 aromatic rings. The van der Waals surface area contributed by atoms with Crippen LogP contribution in [-0.2, 0) is 20.5 Å². The molecule has 0 saturated carbocycles. The Balaban J connectivity index is 2.76. The number of esters is 1. The molecule has 0 saturated heterocycles. The van der Waals surface area contributed by atoms with E-state index in [-0.39, 0.29) is 5.69 Å². The third-order valence-corrected chi connectivity index (χ3v) is 3.12. The van der Waals surface area contributed by atoms with Crippen LogP contribution in [0.3, 0.4) is 0 Å². The van der Waals surface area contributed by atoms with Crippen molar-refractivity contribution in [3.8, 4) is 0 Å². The Morgan fingerprint density at radius 3 is 2.33 bits per heavy atom. The van der Waals surface area contributed by atoms with Gasteiger partial charge in [0.2, 0.25) is 0 Å². The van der Waals surface area contributed by atoms with E-state index in [1.807, 2.05) is 0 Å². The molecule has 1 aromatic carbocycles. The second-order valence-corrected chi connectivity index (χ2v) is 6.71. The fraction of sp³-hybridized carbons (Fsp3) is 0.500. The van der Waals surface area contributed by atoms with Crippen LogP contribution < -0.4 is 10.6 Å². The van der Waals surface area contributed by atoms with Crippen LogP contribution in [-0.4, -0.2) is 35.0 Å². The van der Waals surface area contributed by atoms with E-state index in [2.05, 4.69) is 10.6 Å². The van der Waals surface area contributed by atoms with Crippen molar-refractivity contribution in [2.24, 2.45) is 0 Å². The lowest BCUT2D eigenvalue weighted by molar-refractivity contribution is -0.384. The van der Waals surface area contributed by atoms with Crippen molar-refractivity contribution in [3.63, 3.8) is 0 Å². The smallest absolute Gasteiger partial charge is 0.416 e. The van der Waals surface area contributed by atoms with Crippen molar-refractivity contribution >= 4 is 23.3 Å². The van der Waals surface area contributed by atoms with Crippen molar-refractivity contribution < 1.29 is 32.4 Å². The third kappa shape index (κ3) is 7.12. The number of nitrogens with one attached hydrogen (secondary N) is 2. The van der Waals surface area contributed by atoms with Crippen LogP contribution in [0.15, 0.2) is 18.2 Å². The molecule has 0 radical (unpaired) electrons. The van der Waals surface area contributed by atoms with Gasteiger partial charge in [0.25, 0.3) is 11.6 Å².